The maximum Gasteiger partial charge on any atom is 0.241 e. The zero-order chi connectivity index (χ0) is 16.1. The van der Waals surface area contributed by atoms with Gasteiger partial charge in [-0.05, 0) is 36.5 Å². The summed E-state index contributed by atoms with van der Waals surface area (Å²) in [6.45, 7) is 8.73. The minimum Gasteiger partial charge on any atom is -0.320 e. The van der Waals surface area contributed by atoms with Gasteiger partial charge in [0.25, 0.3) is 0 Å². The van der Waals surface area contributed by atoms with E-state index < -0.39 is 10.0 Å². The SMILES string of the molecule is Cc1ccc(S(=O)(=O)NCCC(C)(C)C)c(C#CCN)c1. The van der Waals surface area contributed by atoms with Crippen LogP contribution >= 0.6 is 0 Å². The third-order valence-corrected chi connectivity index (χ3v) is 4.44. The molecule has 0 unspecified atom stereocenters. The number of hydrogen-bond acceptors (Lipinski definition) is 3. The lowest BCUT2D eigenvalue weighted by molar-refractivity contribution is 0.378. The molecule has 0 fully saturated rings. The van der Waals surface area contributed by atoms with Crippen molar-refractivity contribution in [3.05, 3.63) is 29.3 Å². The van der Waals surface area contributed by atoms with Crippen molar-refractivity contribution < 1.29 is 8.42 Å². The lowest BCUT2D eigenvalue weighted by Crippen LogP contribution is -2.28. The molecule has 1 aromatic carbocycles. The predicted molar refractivity (Wildman–Crippen MR) is 86.4 cm³/mol. The average Bonchev–Trinajstić information content (AvgIpc) is 2.34. The van der Waals surface area contributed by atoms with Crippen LogP contribution in [0.3, 0.4) is 0 Å². The van der Waals surface area contributed by atoms with E-state index in [1.807, 2.05) is 6.92 Å². The van der Waals surface area contributed by atoms with Crippen molar-refractivity contribution in [2.75, 3.05) is 13.1 Å². The van der Waals surface area contributed by atoms with Crippen molar-refractivity contribution in [2.45, 2.75) is 39.0 Å². The average molecular weight is 308 g/mol. The van der Waals surface area contributed by atoms with E-state index in [4.69, 9.17) is 5.73 Å². The Morgan fingerprint density at radius 3 is 2.52 bits per heavy atom. The van der Waals surface area contributed by atoms with E-state index in [-0.39, 0.29) is 16.9 Å². The fraction of sp³-hybridized carbons (Fsp3) is 0.500. The van der Waals surface area contributed by atoms with Crippen molar-refractivity contribution in [1.29, 1.82) is 0 Å². The van der Waals surface area contributed by atoms with Crippen LogP contribution in [0.15, 0.2) is 23.1 Å². The highest BCUT2D eigenvalue weighted by atomic mass is 32.2. The van der Waals surface area contributed by atoms with Crippen LogP contribution in [0.4, 0.5) is 0 Å². The first-order chi connectivity index (χ1) is 9.65. The summed E-state index contributed by atoms with van der Waals surface area (Å²) in [5, 5.41) is 0. The predicted octanol–water partition coefficient (Wildman–Crippen LogP) is 2.02. The second-order valence-electron chi connectivity index (χ2n) is 6.21. The summed E-state index contributed by atoms with van der Waals surface area (Å²) in [6.07, 6.45) is 0.766. The Labute approximate surface area is 128 Å². The fourth-order valence-corrected chi connectivity index (χ4v) is 2.93. The Hall–Kier alpha value is -1.35. The lowest BCUT2D eigenvalue weighted by atomic mass is 9.93. The molecule has 0 radical (unpaired) electrons. The summed E-state index contributed by atoms with van der Waals surface area (Å²) in [5.74, 6) is 5.54. The second-order valence-corrected chi connectivity index (χ2v) is 7.95. The van der Waals surface area contributed by atoms with Gasteiger partial charge in [0, 0.05) is 12.1 Å². The van der Waals surface area contributed by atoms with Crippen LogP contribution in [0.2, 0.25) is 0 Å². The van der Waals surface area contributed by atoms with Gasteiger partial charge in [-0.3, -0.25) is 0 Å². The third kappa shape index (κ3) is 5.88. The molecule has 116 valence electrons. The molecule has 0 aromatic heterocycles. The molecule has 0 heterocycles. The zero-order valence-corrected chi connectivity index (χ0v) is 14.0. The number of nitrogens with one attached hydrogen (secondary N) is 1. The molecule has 0 bridgehead atoms. The van der Waals surface area contributed by atoms with Gasteiger partial charge in [-0.1, -0.05) is 38.7 Å². The van der Waals surface area contributed by atoms with Crippen LogP contribution in [0.25, 0.3) is 0 Å². The van der Waals surface area contributed by atoms with E-state index in [0.717, 1.165) is 12.0 Å². The molecule has 4 nitrogen and oxygen atoms in total. The Kier molecular flexibility index (Phi) is 5.97. The van der Waals surface area contributed by atoms with Gasteiger partial charge < -0.3 is 5.73 Å². The maximum absolute atomic E-state index is 12.4. The highest BCUT2D eigenvalue weighted by Crippen LogP contribution is 2.19. The summed E-state index contributed by atoms with van der Waals surface area (Å²) in [4.78, 5) is 0.211. The molecule has 5 heteroatoms. The summed E-state index contributed by atoms with van der Waals surface area (Å²) in [7, 11) is -3.55. The molecule has 0 saturated heterocycles. The van der Waals surface area contributed by atoms with Gasteiger partial charge in [0.1, 0.15) is 0 Å². The van der Waals surface area contributed by atoms with Crippen LogP contribution in [0.1, 0.15) is 38.3 Å². The highest BCUT2D eigenvalue weighted by molar-refractivity contribution is 7.89. The first-order valence-corrected chi connectivity index (χ1v) is 8.43. The molecular formula is C16H24N2O2S. The van der Waals surface area contributed by atoms with Crippen LogP contribution in [0.5, 0.6) is 0 Å². The Morgan fingerprint density at radius 2 is 1.95 bits per heavy atom. The van der Waals surface area contributed by atoms with Crippen LogP contribution in [0, 0.1) is 24.2 Å². The standard InChI is InChI=1S/C16H24N2O2S/c1-13-7-8-15(14(12-13)6-5-10-17)21(19,20)18-11-9-16(2,3)4/h7-8,12,18H,9-11,17H2,1-4H3. The van der Waals surface area contributed by atoms with E-state index in [1.165, 1.54) is 0 Å². The number of aryl methyl sites for hydroxylation is 1. The summed E-state index contributed by atoms with van der Waals surface area (Å²) in [5.41, 5.74) is 6.90. The molecule has 0 spiro atoms. The quantitative estimate of drug-likeness (QED) is 0.836. The lowest BCUT2D eigenvalue weighted by Gasteiger charge is -2.18. The van der Waals surface area contributed by atoms with Crippen LogP contribution < -0.4 is 10.5 Å². The molecule has 1 aromatic rings. The van der Waals surface area contributed by atoms with E-state index in [2.05, 4.69) is 37.3 Å². The molecule has 0 atom stereocenters. The highest BCUT2D eigenvalue weighted by Gasteiger charge is 2.19. The monoisotopic (exact) mass is 308 g/mol. The van der Waals surface area contributed by atoms with Crippen molar-refractivity contribution in [1.82, 2.24) is 4.72 Å². The van der Waals surface area contributed by atoms with E-state index >= 15 is 0 Å². The molecular weight excluding hydrogens is 284 g/mol. The van der Waals surface area contributed by atoms with E-state index in [1.54, 1.807) is 18.2 Å². The van der Waals surface area contributed by atoms with Crippen LogP contribution in [-0.2, 0) is 10.0 Å². The van der Waals surface area contributed by atoms with Gasteiger partial charge in [0.2, 0.25) is 10.0 Å². The van der Waals surface area contributed by atoms with Gasteiger partial charge in [-0.25, -0.2) is 13.1 Å². The number of benzene rings is 1. The summed E-state index contributed by atoms with van der Waals surface area (Å²) in [6, 6.07) is 5.13. The Balaban J connectivity index is 3.02. The van der Waals surface area contributed by atoms with Gasteiger partial charge in [-0.2, -0.15) is 0 Å². The number of hydrogen-bond donors (Lipinski definition) is 2. The van der Waals surface area contributed by atoms with Crippen molar-refractivity contribution in [3.63, 3.8) is 0 Å². The molecule has 21 heavy (non-hydrogen) atoms. The Bertz CT molecular complexity index is 647. The first-order valence-electron chi connectivity index (χ1n) is 6.95. The number of sulfonamides is 1. The van der Waals surface area contributed by atoms with E-state index in [9.17, 15) is 8.42 Å². The molecule has 3 N–H and O–H groups in total. The van der Waals surface area contributed by atoms with Crippen LogP contribution in [-0.4, -0.2) is 21.5 Å². The van der Waals surface area contributed by atoms with Gasteiger partial charge >= 0.3 is 0 Å². The first kappa shape index (κ1) is 17.7. The number of nitrogens with two attached hydrogens (primary N) is 1. The fourth-order valence-electron chi connectivity index (χ4n) is 1.76. The van der Waals surface area contributed by atoms with Gasteiger partial charge in [0.05, 0.1) is 11.4 Å². The molecule has 0 amide bonds. The second kappa shape index (κ2) is 7.08. The number of rotatable bonds is 4. The largest absolute Gasteiger partial charge is 0.320 e. The molecule has 0 aliphatic heterocycles. The maximum atomic E-state index is 12.4. The molecule has 1 rings (SSSR count). The summed E-state index contributed by atoms with van der Waals surface area (Å²) < 4.78 is 27.4. The van der Waals surface area contributed by atoms with E-state index in [0.29, 0.717) is 12.1 Å². The van der Waals surface area contributed by atoms with Crippen molar-refractivity contribution >= 4 is 10.0 Å². The van der Waals surface area contributed by atoms with Gasteiger partial charge in [-0.15, -0.1) is 0 Å². The topological polar surface area (TPSA) is 72.2 Å². The normalized spacial score (nSPS) is 11.9. The molecule has 0 saturated carbocycles. The minimum absolute atomic E-state index is 0.0813. The minimum atomic E-state index is -3.55. The van der Waals surface area contributed by atoms with Gasteiger partial charge in [0.15, 0.2) is 0 Å². The smallest absolute Gasteiger partial charge is 0.241 e. The molecule has 0 aliphatic carbocycles. The summed E-state index contributed by atoms with van der Waals surface area (Å²) >= 11 is 0. The third-order valence-electron chi connectivity index (χ3n) is 2.92. The Morgan fingerprint density at radius 1 is 1.29 bits per heavy atom. The van der Waals surface area contributed by atoms with Crippen molar-refractivity contribution in [3.8, 4) is 11.8 Å². The molecule has 0 aliphatic rings. The zero-order valence-electron chi connectivity index (χ0n) is 13.2. The van der Waals surface area contributed by atoms with Crippen molar-refractivity contribution in [2.24, 2.45) is 11.1 Å².